The molecular formula is C16H27F3O6SSi. The van der Waals surface area contributed by atoms with E-state index in [4.69, 9.17) is 13.9 Å². The van der Waals surface area contributed by atoms with Crippen LogP contribution in [0.2, 0.25) is 18.1 Å². The number of rotatable bonds is 5. The van der Waals surface area contributed by atoms with Crippen LogP contribution in [0.3, 0.4) is 0 Å². The van der Waals surface area contributed by atoms with Gasteiger partial charge in [0.15, 0.2) is 14.1 Å². The first kappa shape index (κ1) is 22.7. The maximum atomic E-state index is 12.8. The molecule has 0 aromatic heterocycles. The van der Waals surface area contributed by atoms with Gasteiger partial charge in [-0.15, -0.1) is 0 Å². The number of halogens is 3. The summed E-state index contributed by atoms with van der Waals surface area (Å²) in [6.07, 6.45) is 2.05. The summed E-state index contributed by atoms with van der Waals surface area (Å²) < 4.78 is 82.6. The molecule has 1 spiro atoms. The van der Waals surface area contributed by atoms with Gasteiger partial charge in [-0.3, -0.25) is 0 Å². The zero-order valence-electron chi connectivity index (χ0n) is 16.2. The number of hydrogen-bond donors (Lipinski definition) is 0. The van der Waals surface area contributed by atoms with Crippen LogP contribution in [0.1, 0.15) is 33.6 Å². The molecule has 1 aliphatic carbocycles. The fraction of sp³-hybridized carbons (Fsp3) is 0.875. The second-order valence-corrected chi connectivity index (χ2v) is 14.7. The number of ether oxygens (including phenoxy) is 2. The first-order valence-corrected chi connectivity index (χ1v) is 13.1. The molecule has 1 aliphatic heterocycles. The molecule has 0 N–H and O–H groups in total. The highest BCUT2D eigenvalue weighted by atomic mass is 32.2. The van der Waals surface area contributed by atoms with Crippen LogP contribution in [-0.2, 0) is 28.2 Å². The quantitative estimate of drug-likeness (QED) is 0.373. The second kappa shape index (κ2) is 7.32. The van der Waals surface area contributed by atoms with Crippen molar-refractivity contribution >= 4 is 18.4 Å². The maximum Gasteiger partial charge on any atom is 0.534 e. The van der Waals surface area contributed by atoms with Gasteiger partial charge in [-0.1, -0.05) is 20.8 Å². The molecule has 11 heteroatoms. The second-order valence-electron chi connectivity index (χ2n) is 8.33. The predicted molar refractivity (Wildman–Crippen MR) is 94.7 cm³/mol. The summed E-state index contributed by atoms with van der Waals surface area (Å²) in [5, 5.41) is -0.0246. The van der Waals surface area contributed by atoms with Crippen LogP contribution in [0, 0.1) is 5.92 Å². The van der Waals surface area contributed by atoms with E-state index in [0.29, 0.717) is 6.42 Å². The SMILES string of the molecule is CC(C)(C)[Si](C)(C)OC[C@H]1C=C(OS(=O)(=O)C(F)(F)F)C2(CC1)OCCO2. The highest BCUT2D eigenvalue weighted by Crippen LogP contribution is 2.43. The minimum Gasteiger partial charge on any atom is -0.416 e. The van der Waals surface area contributed by atoms with Crippen molar-refractivity contribution in [1.82, 2.24) is 0 Å². The fourth-order valence-electron chi connectivity index (χ4n) is 2.58. The summed E-state index contributed by atoms with van der Waals surface area (Å²) in [5.74, 6) is -2.34. The van der Waals surface area contributed by atoms with Crippen LogP contribution in [-0.4, -0.2) is 47.9 Å². The average Bonchev–Trinajstić information content (AvgIpc) is 2.95. The minimum absolute atomic E-state index is 0.0246. The smallest absolute Gasteiger partial charge is 0.416 e. The molecule has 0 amide bonds. The van der Waals surface area contributed by atoms with E-state index in [9.17, 15) is 21.6 Å². The molecule has 1 fully saturated rings. The van der Waals surface area contributed by atoms with Crippen LogP contribution in [0.25, 0.3) is 0 Å². The fourth-order valence-corrected chi connectivity index (χ4v) is 4.16. The van der Waals surface area contributed by atoms with Crippen molar-refractivity contribution in [3.63, 3.8) is 0 Å². The monoisotopic (exact) mass is 432 g/mol. The zero-order chi connectivity index (χ0) is 20.7. The summed E-state index contributed by atoms with van der Waals surface area (Å²) in [6, 6.07) is 0. The first-order valence-electron chi connectivity index (χ1n) is 8.75. The summed E-state index contributed by atoms with van der Waals surface area (Å²) in [4.78, 5) is 0. The maximum absolute atomic E-state index is 12.8. The predicted octanol–water partition coefficient (Wildman–Crippen LogP) is 3.91. The molecule has 0 unspecified atom stereocenters. The van der Waals surface area contributed by atoms with Gasteiger partial charge in [-0.2, -0.15) is 21.6 Å². The number of alkyl halides is 3. The highest BCUT2D eigenvalue weighted by Gasteiger charge is 2.54. The van der Waals surface area contributed by atoms with E-state index >= 15 is 0 Å². The molecule has 0 aromatic rings. The molecule has 158 valence electrons. The Balaban J connectivity index is 2.23. The molecular weight excluding hydrogens is 405 g/mol. The molecule has 1 heterocycles. The normalized spacial score (nSPS) is 24.1. The molecule has 0 bridgehead atoms. The van der Waals surface area contributed by atoms with Gasteiger partial charge < -0.3 is 18.1 Å². The van der Waals surface area contributed by atoms with Crippen molar-refractivity contribution in [3.8, 4) is 0 Å². The van der Waals surface area contributed by atoms with Crippen LogP contribution < -0.4 is 0 Å². The Labute approximate surface area is 159 Å². The van der Waals surface area contributed by atoms with E-state index < -0.39 is 35.5 Å². The van der Waals surface area contributed by atoms with Crippen molar-refractivity contribution < 1.29 is 39.7 Å². The van der Waals surface area contributed by atoms with E-state index in [1.807, 2.05) is 0 Å². The van der Waals surface area contributed by atoms with Crippen LogP contribution in [0.15, 0.2) is 11.8 Å². The molecule has 1 atom stereocenters. The zero-order valence-corrected chi connectivity index (χ0v) is 18.0. The van der Waals surface area contributed by atoms with Gasteiger partial charge >= 0.3 is 15.6 Å². The topological polar surface area (TPSA) is 71.1 Å². The molecule has 0 radical (unpaired) electrons. The van der Waals surface area contributed by atoms with E-state index in [1.165, 1.54) is 6.08 Å². The molecule has 0 saturated carbocycles. The summed E-state index contributed by atoms with van der Waals surface area (Å²) in [5.41, 5.74) is -5.53. The van der Waals surface area contributed by atoms with Gasteiger partial charge in [0.1, 0.15) is 0 Å². The lowest BCUT2D eigenvalue weighted by Crippen LogP contribution is -2.44. The first-order chi connectivity index (χ1) is 12.1. The summed E-state index contributed by atoms with van der Waals surface area (Å²) in [7, 11) is -7.87. The Hall–Kier alpha value is -0.623. The van der Waals surface area contributed by atoms with E-state index in [2.05, 4.69) is 38.0 Å². The molecule has 6 nitrogen and oxygen atoms in total. The highest BCUT2D eigenvalue weighted by molar-refractivity contribution is 7.87. The van der Waals surface area contributed by atoms with Crippen LogP contribution >= 0.6 is 0 Å². The third-order valence-electron chi connectivity index (χ3n) is 5.31. The Kier molecular flexibility index (Phi) is 6.15. The number of hydrogen-bond acceptors (Lipinski definition) is 6. The van der Waals surface area contributed by atoms with Crippen molar-refractivity contribution in [1.29, 1.82) is 0 Å². The lowest BCUT2D eigenvalue weighted by molar-refractivity contribution is -0.159. The third kappa shape index (κ3) is 4.87. The average molecular weight is 433 g/mol. The van der Waals surface area contributed by atoms with E-state index in [1.54, 1.807) is 0 Å². The van der Waals surface area contributed by atoms with Gasteiger partial charge in [-0.25, -0.2) is 0 Å². The largest absolute Gasteiger partial charge is 0.534 e. The van der Waals surface area contributed by atoms with Gasteiger partial charge in [0, 0.05) is 18.9 Å². The summed E-state index contributed by atoms with van der Waals surface area (Å²) >= 11 is 0. The Morgan fingerprint density at radius 1 is 1.22 bits per heavy atom. The Morgan fingerprint density at radius 2 is 1.78 bits per heavy atom. The van der Waals surface area contributed by atoms with Crippen molar-refractivity contribution in [2.75, 3.05) is 19.8 Å². The standard InChI is InChI=1S/C16H27F3O6SSi/c1-14(2,3)27(4,5)24-11-12-6-7-15(22-8-9-23-15)13(10-12)25-26(20,21)16(17,18)19/h10,12H,6-9,11H2,1-5H3/t12-/m1/s1. The van der Waals surface area contributed by atoms with Gasteiger partial charge in [0.05, 0.1) is 13.2 Å². The molecule has 27 heavy (non-hydrogen) atoms. The molecule has 0 aromatic carbocycles. The molecule has 2 rings (SSSR count). The third-order valence-corrected chi connectivity index (χ3v) is 10.8. The summed E-state index contributed by atoms with van der Waals surface area (Å²) in [6.45, 7) is 10.9. The van der Waals surface area contributed by atoms with E-state index in [-0.39, 0.29) is 37.2 Å². The van der Waals surface area contributed by atoms with Crippen molar-refractivity contribution in [2.45, 2.75) is 63.0 Å². The lowest BCUT2D eigenvalue weighted by atomic mass is 9.91. The molecule has 1 saturated heterocycles. The van der Waals surface area contributed by atoms with Gasteiger partial charge in [0.25, 0.3) is 0 Å². The van der Waals surface area contributed by atoms with Crippen LogP contribution in [0.5, 0.6) is 0 Å². The van der Waals surface area contributed by atoms with Gasteiger partial charge in [-0.05, 0) is 30.6 Å². The van der Waals surface area contributed by atoms with Crippen LogP contribution in [0.4, 0.5) is 13.2 Å². The minimum atomic E-state index is -5.81. The van der Waals surface area contributed by atoms with Crippen molar-refractivity contribution in [2.24, 2.45) is 5.92 Å². The van der Waals surface area contributed by atoms with E-state index in [0.717, 1.165) is 0 Å². The van der Waals surface area contributed by atoms with Crippen molar-refractivity contribution in [3.05, 3.63) is 11.8 Å². The Bertz CT molecular complexity index is 675. The Morgan fingerprint density at radius 3 is 2.26 bits per heavy atom. The lowest BCUT2D eigenvalue weighted by Gasteiger charge is -2.39. The molecule has 2 aliphatic rings. The van der Waals surface area contributed by atoms with Gasteiger partial charge in [0.2, 0.25) is 5.79 Å².